The quantitative estimate of drug-likeness (QED) is 0.364. The van der Waals surface area contributed by atoms with Crippen molar-refractivity contribution in [3.8, 4) is 0 Å². The van der Waals surface area contributed by atoms with Crippen molar-refractivity contribution in [2.45, 2.75) is 45.6 Å². The van der Waals surface area contributed by atoms with Gasteiger partial charge in [0.1, 0.15) is 6.10 Å². The number of carbonyl (C=O) groups is 1. The van der Waals surface area contributed by atoms with Crippen LogP contribution in [-0.4, -0.2) is 12.1 Å². The lowest BCUT2D eigenvalue weighted by molar-refractivity contribution is -0.137. The summed E-state index contributed by atoms with van der Waals surface area (Å²) in [4.78, 5) is 11.6. The molecule has 0 aromatic heterocycles. The van der Waals surface area contributed by atoms with E-state index < -0.39 is 0 Å². The zero-order valence-electron chi connectivity index (χ0n) is 10.7. The molecule has 0 radical (unpaired) electrons. The standard InChI is InChI=1S/C15H20O2/c1-9-5-4-6-11-7-13-12(8-15(9,11)3)10(2)14(16)17-13/h7,9,12-13H,2,4-6,8H2,1,3H3/t9-,12+,13+,15+/m0/s1. The van der Waals surface area contributed by atoms with Crippen molar-refractivity contribution < 1.29 is 9.53 Å². The minimum Gasteiger partial charge on any atom is -0.454 e. The molecule has 1 aliphatic heterocycles. The Morgan fingerprint density at radius 3 is 3.06 bits per heavy atom. The fourth-order valence-electron chi connectivity index (χ4n) is 3.80. The Morgan fingerprint density at radius 2 is 2.29 bits per heavy atom. The molecular formula is C15H20O2. The maximum atomic E-state index is 11.6. The van der Waals surface area contributed by atoms with Gasteiger partial charge in [-0.1, -0.05) is 26.0 Å². The van der Waals surface area contributed by atoms with E-state index in [1.54, 1.807) is 0 Å². The second-order valence-electron chi connectivity index (χ2n) is 6.11. The van der Waals surface area contributed by atoms with Crippen LogP contribution in [0, 0.1) is 17.3 Å². The van der Waals surface area contributed by atoms with Crippen molar-refractivity contribution in [1.29, 1.82) is 0 Å². The van der Waals surface area contributed by atoms with E-state index in [4.69, 9.17) is 4.74 Å². The van der Waals surface area contributed by atoms with Crippen LogP contribution >= 0.6 is 0 Å². The van der Waals surface area contributed by atoms with E-state index in [0.29, 0.717) is 11.5 Å². The molecule has 2 heteroatoms. The number of hydrogen-bond donors (Lipinski definition) is 0. The first-order chi connectivity index (χ1) is 8.02. The second kappa shape index (κ2) is 3.47. The molecule has 4 atom stereocenters. The molecule has 0 spiro atoms. The van der Waals surface area contributed by atoms with Gasteiger partial charge in [0.15, 0.2) is 0 Å². The molecule has 3 rings (SSSR count). The first-order valence-electron chi connectivity index (χ1n) is 6.63. The van der Waals surface area contributed by atoms with Gasteiger partial charge >= 0.3 is 5.97 Å². The predicted octanol–water partition coefficient (Wildman–Crippen LogP) is 3.24. The van der Waals surface area contributed by atoms with Crippen molar-refractivity contribution in [1.82, 2.24) is 0 Å². The summed E-state index contributed by atoms with van der Waals surface area (Å²) in [7, 11) is 0. The molecule has 0 bridgehead atoms. The Labute approximate surface area is 103 Å². The fourth-order valence-corrected chi connectivity index (χ4v) is 3.80. The van der Waals surface area contributed by atoms with Gasteiger partial charge in [0.2, 0.25) is 0 Å². The third-order valence-corrected chi connectivity index (χ3v) is 5.26. The first kappa shape index (κ1) is 11.1. The molecule has 0 amide bonds. The monoisotopic (exact) mass is 232 g/mol. The minimum absolute atomic E-state index is 0.0247. The van der Waals surface area contributed by atoms with Gasteiger partial charge in [-0.2, -0.15) is 0 Å². The number of allylic oxidation sites excluding steroid dienone is 1. The van der Waals surface area contributed by atoms with Crippen LogP contribution in [0.5, 0.6) is 0 Å². The number of rotatable bonds is 0. The number of carbonyl (C=O) groups excluding carboxylic acids is 1. The SMILES string of the molecule is C=C1C(=O)O[C@@H]2C=C3CCC[C@H](C)[C@@]3(C)C[C@H]12. The van der Waals surface area contributed by atoms with Crippen LogP contribution in [0.15, 0.2) is 23.8 Å². The lowest BCUT2D eigenvalue weighted by Gasteiger charge is -2.47. The number of ether oxygens (including phenoxy) is 1. The van der Waals surface area contributed by atoms with E-state index in [9.17, 15) is 4.79 Å². The molecule has 2 nitrogen and oxygen atoms in total. The van der Waals surface area contributed by atoms with E-state index in [-0.39, 0.29) is 23.4 Å². The third-order valence-electron chi connectivity index (χ3n) is 5.26. The van der Waals surface area contributed by atoms with E-state index in [2.05, 4.69) is 26.5 Å². The zero-order chi connectivity index (χ0) is 12.2. The van der Waals surface area contributed by atoms with E-state index in [1.165, 1.54) is 24.8 Å². The summed E-state index contributed by atoms with van der Waals surface area (Å²) >= 11 is 0. The van der Waals surface area contributed by atoms with Gasteiger partial charge in [-0.15, -0.1) is 0 Å². The highest BCUT2D eigenvalue weighted by molar-refractivity contribution is 5.91. The van der Waals surface area contributed by atoms with Crippen LogP contribution in [-0.2, 0) is 9.53 Å². The molecule has 3 aliphatic rings. The molecule has 2 fully saturated rings. The maximum absolute atomic E-state index is 11.6. The van der Waals surface area contributed by atoms with Crippen molar-refractivity contribution in [3.63, 3.8) is 0 Å². The number of hydrogen-bond acceptors (Lipinski definition) is 2. The minimum atomic E-state index is -0.188. The van der Waals surface area contributed by atoms with Gasteiger partial charge < -0.3 is 4.74 Å². The molecule has 1 saturated carbocycles. The summed E-state index contributed by atoms with van der Waals surface area (Å²) in [5.41, 5.74) is 2.46. The van der Waals surface area contributed by atoms with Gasteiger partial charge in [0.05, 0.1) is 0 Å². The summed E-state index contributed by atoms with van der Waals surface area (Å²) in [6, 6.07) is 0. The normalized spacial score (nSPS) is 44.8. The average molecular weight is 232 g/mol. The molecular weight excluding hydrogens is 212 g/mol. The summed E-state index contributed by atoms with van der Waals surface area (Å²) in [5, 5.41) is 0. The Balaban J connectivity index is 2.00. The van der Waals surface area contributed by atoms with Crippen molar-refractivity contribution in [2.24, 2.45) is 17.3 Å². The number of esters is 1. The molecule has 17 heavy (non-hydrogen) atoms. The summed E-state index contributed by atoms with van der Waals surface area (Å²) in [6.07, 6.45) is 6.98. The lowest BCUT2D eigenvalue weighted by atomic mass is 9.58. The van der Waals surface area contributed by atoms with E-state index in [0.717, 1.165) is 6.42 Å². The topological polar surface area (TPSA) is 26.3 Å². The Kier molecular flexibility index (Phi) is 2.26. The van der Waals surface area contributed by atoms with Gasteiger partial charge in [-0.05, 0) is 43.1 Å². The van der Waals surface area contributed by atoms with Gasteiger partial charge in [-0.3, -0.25) is 0 Å². The summed E-state index contributed by atoms with van der Waals surface area (Å²) in [5.74, 6) is 0.732. The van der Waals surface area contributed by atoms with Crippen molar-refractivity contribution in [3.05, 3.63) is 23.8 Å². The zero-order valence-corrected chi connectivity index (χ0v) is 10.7. The van der Waals surface area contributed by atoms with Crippen LogP contribution in [0.3, 0.4) is 0 Å². The molecule has 1 heterocycles. The molecule has 2 aliphatic carbocycles. The highest BCUT2D eigenvalue weighted by atomic mass is 16.5. The molecule has 1 saturated heterocycles. The Hall–Kier alpha value is -1.05. The van der Waals surface area contributed by atoms with Crippen molar-refractivity contribution in [2.75, 3.05) is 0 Å². The van der Waals surface area contributed by atoms with Gasteiger partial charge in [-0.25, -0.2) is 4.79 Å². The van der Waals surface area contributed by atoms with Crippen LogP contribution in [0.1, 0.15) is 39.5 Å². The molecule has 0 aromatic rings. The molecule has 0 aromatic carbocycles. The van der Waals surface area contributed by atoms with Gasteiger partial charge in [0, 0.05) is 11.5 Å². The first-order valence-corrected chi connectivity index (χ1v) is 6.63. The van der Waals surface area contributed by atoms with Crippen LogP contribution in [0.25, 0.3) is 0 Å². The van der Waals surface area contributed by atoms with Gasteiger partial charge in [0.25, 0.3) is 0 Å². The second-order valence-corrected chi connectivity index (χ2v) is 6.11. The van der Waals surface area contributed by atoms with Crippen molar-refractivity contribution >= 4 is 5.97 Å². The highest BCUT2D eigenvalue weighted by Gasteiger charge is 2.49. The molecule has 0 unspecified atom stereocenters. The van der Waals surface area contributed by atoms with Crippen LogP contribution in [0.4, 0.5) is 0 Å². The van der Waals surface area contributed by atoms with Crippen LogP contribution in [0.2, 0.25) is 0 Å². The largest absolute Gasteiger partial charge is 0.454 e. The average Bonchev–Trinajstić information content (AvgIpc) is 2.55. The lowest BCUT2D eigenvalue weighted by Crippen LogP contribution is -2.39. The van der Waals surface area contributed by atoms with E-state index in [1.807, 2.05) is 0 Å². The molecule has 92 valence electrons. The van der Waals surface area contributed by atoms with E-state index >= 15 is 0 Å². The smallest absolute Gasteiger partial charge is 0.334 e. The Bertz CT molecular complexity index is 421. The maximum Gasteiger partial charge on any atom is 0.334 e. The number of fused-ring (bicyclic) bond motifs is 2. The molecule has 0 N–H and O–H groups in total. The van der Waals surface area contributed by atoms with Crippen LogP contribution < -0.4 is 0 Å². The predicted molar refractivity (Wildman–Crippen MR) is 66.3 cm³/mol. The third kappa shape index (κ3) is 1.42. The summed E-state index contributed by atoms with van der Waals surface area (Å²) < 4.78 is 5.39. The highest BCUT2D eigenvalue weighted by Crippen LogP contribution is 2.54. The fraction of sp³-hybridized carbons (Fsp3) is 0.667. The Morgan fingerprint density at radius 1 is 1.53 bits per heavy atom. The summed E-state index contributed by atoms with van der Waals surface area (Å²) in [6.45, 7) is 8.61.